The highest BCUT2D eigenvalue weighted by Gasteiger charge is 2.20. The van der Waals surface area contributed by atoms with Crippen molar-refractivity contribution in [1.82, 2.24) is 9.97 Å². The van der Waals surface area contributed by atoms with Gasteiger partial charge in [0.05, 0.1) is 37.1 Å². The van der Waals surface area contributed by atoms with Crippen molar-refractivity contribution >= 4 is 30.2 Å². The number of carboxylic acids is 1. The highest BCUT2D eigenvalue weighted by molar-refractivity contribution is 7.95. The van der Waals surface area contributed by atoms with E-state index in [0.29, 0.717) is 28.5 Å². The van der Waals surface area contributed by atoms with E-state index in [2.05, 4.69) is 14.9 Å². The van der Waals surface area contributed by atoms with Crippen LogP contribution in [0.4, 0.5) is 10.3 Å². The van der Waals surface area contributed by atoms with Gasteiger partial charge >= 0.3 is 5.97 Å². The van der Waals surface area contributed by atoms with Crippen LogP contribution in [0.25, 0.3) is 17.3 Å². The number of hydrogen-bond acceptors (Lipinski definition) is 9. The van der Waals surface area contributed by atoms with Crippen molar-refractivity contribution in [2.75, 3.05) is 18.5 Å². The van der Waals surface area contributed by atoms with Gasteiger partial charge in [-0.3, -0.25) is 9.10 Å². The standard InChI is InChI=1S/C22H28FN3O6S/c1-13(2)20-18(10-9-16(27)11-17(28)12-19(29)30)21(14-5-7-15(23)8-6-14)25-22(24-20)26(3)33-32-31-4/h5-10,13,16-17,27-28H,11-12H2,1-4H3,(H,29,30)/t16-,17-/m1/s1. The third-order valence-corrected chi connectivity index (χ3v) is 5.11. The van der Waals surface area contributed by atoms with Crippen molar-refractivity contribution in [3.05, 3.63) is 47.4 Å². The number of benzene rings is 1. The summed E-state index contributed by atoms with van der Waals surface area (Å²) in [4.78, 5) is 24.6. The zero-order chi connectivity index (χ0) is 24.5. The van der Waals surface area contributed by atoms with Crippen LogP contribution in [0.15, 0.2) is 30.3 Å². The third kappa shape index (κ3) is 8.06. The molecule has 1 heterocycles. The molecule has 1 aromatic carbocycles. The topological polar surface area (TPSA) is 125 Å². The maximum absolute atomic E-state index is 13.5. The average molecular weight is 482 g/mol. The van der Waals surface area contributed by atoms with Crippen molar-refractivity contribution < 1.29 is 33.7 Å². The van der Waals surface area contributed by atoms with Crippen molar-refractivity contribution in [2.24, 2.45) is 0 Å². The number of anilines is 1. The Bertz CT molecular complexity index is 958. The lowest BCUT2D eigenvalue weighted by Gasteiger charge is -2.20. The first-order valence-corrected chi connectivity index (χ1v) is 10.9. The smallest absolute Gasteiger partial charge is 0.305 e. The number of carboxylic acid groups (broad SMARTS) is 1. The normalized spacial score (nSPS) is 13.5. The molecule has 0 fully saturated rings. The van der Waals surface area contributed by atoms with Gasteiger partial charge in [-0.1, -0.05) is 26.0 Å². The maximum Gasteiger partial charge on any atom is 0.305 e. The van der Waals surface area contributed by atoms with Crippen LogP contribution in [0.3, 0.4) is 0 Å². The SMILES string of the molecule is COOSN(C)c1nc(-c2ccc(F)cc2)c(C=C[C@@H](O)C[C@@H](O)CC(=O)O)c(C(C)C)n1. The molecule has 0 amide bonds. The van der Waals surface area contributed by atoms with Crippen LogP contribution in [-0.2, 0) is 14.0 Å². The molecule has 0 radical (unpaired) electrons. The second-order valence-corrected chi connectivity index (χ2v) is 8.39. The molecule has 0 aliphatic rings. The fourth-order valence-electron chi connectivity index (χ4n) is 3.01. The molecule has 2 rings (SSSR count). The van der Waals surface area contributed by atoms with E-state index in [0.717, 1.165) is 12.2 Å². The zero-order valence-electron chi connectivity index (χ0n) is 18.8. The van der Waals surface area contributed by atoms with Gasteiger partial charge in [0.1, 0.15) is 5.82 Å². The molecular formula is C22H28FN3O6S. The number of hydrogen-bond donors (Lipinski definition) is 3. The molecule has 180 valence electrons. The second-order valence-electron chi connectivity index (χ2n) is 7.55. The predicted octanol–water partition coefficient (Wildman–Crippen LogP) is 3.58. The molecule has 3 N–H and O–H groups in total. The van der Waals surface area contributed by atoms with Crippen molar-refractivity contribution in [2.45, 2.75) is 44.8 Å². The van der Waals surface area contributed by atoms with Gasteiger partial charge in [-0.15, -0.1) is 4.33 Å². The Morgan fingerprint density at radius 2 is 1.91 bits per heavy atom. The van der Waals surface area contributed by atoms with Gasteiger partial charge in [0.25, 0.3) is 0 Å². The number of aliphatic hydroxyl groups is 2. The maximum atomic E-state index is 13.5. The van der Waals surface area contributed by atoms with E-state index in [4.69, 9.17) is 9.44 Å². The average Bonchev–Trinajstić information content (AvgIpc) is 2.75. The highest BCUT2D eigenvalue weighted by Crippen LogP contribution is 2.32. The minimum atomic E-state index is -1.19. The summed E-state index contributed by atoms with van der Waals surface area (Å²) < 4.78 is 20.0. The molecular weight excluding hydrogens is 453 g/mol. The summed E-state index contributed by atoms with van der Waals surface area (Å²) in [6.07, 6.45) is 0.206. The molecule has 0 bridgehead atoms. The lowest BCUT2D eigenvalue weighted by atomic mass is 9.97. The number of halogens is 1. The number of nitrogens with zero attached hydrogens (tertiary/aromatic N) is 3. The van der Waals surface area contributed by atoms with E-state index >= 15 is 0 Å². The van der Waals surface area contributed by atoms with Crippen LogP contribution < -0.4 is 4.31 Å². The van der Waals surface area contributed by atoms with Crippen LogP contribution >= 0.6 is 12.2 Å². The van der Waals surface area contributed by atoms with Gasteiger partial charge in [-0.05, 0) is 30.2 Å². The molecule has 1 aromatic heterocycles. The fourth-order valence-corrected chi connectivity index (χ4v) is 3.31. The van der Waals surface area contributed by atoms with E-state index < -0.39 is 30.4 Å². The van der Waals surface area contributed by atoms with Crippen molar-refractivity contribution in [3.8, 4) is 11.3 Å². The van der Waals surface area contributed by atoms with Gasteiger partial charge in [0, 0.05) is 24.6 Å². The molecule has 33 heavy (non-hydrogen) atoms. The lowest BCUT2D eigenvalue weighted by molar-refractivity contribution is -0.160. The molecule has 11 heteroatoms. The molecule has 0 aliphatic carbocycles. The number of aliphatic carboxylic acids is 1. The van der Waals surface area contributed by atoms with Crippen LogP contribution in [0.5, 0.6) is 0 Å². The quantitative estimate of drug-likeness (QED) is 0.179. The Hall–Kier alpha value is -2.57. The number of carbonyl (C=O) groups is 1. The summed E-state index contributed by atoms with van der Waals surface area (Å²) in [5.41, 5.74) is 2.41. The van der Waals surface area contributed by atoms with Crippen molar-refractivity contribution in [3.63, 3.8) is 0 Å². The molecule has 2 aromatic rings. The van der Waals surface area contributed by atoms with E-state index in [9.17, 15) is 19.4 Å². The molecule has 2 atom stereocenters. The molecule has 0 aliphatic heterocycles. The summed E-state index contributed by atoms with van der Waals surface area (Å²) in [6, 6.07) is 5.83. The van der Waals surface area contributed by atoms with Gasteiger partial charge in [0.2, 0.25) is 5.95 Å². The summed E-state index contributed by atoms with van der Waals surface area (Å²) in [5.74, 6) is -1.25. The van der Waals surface area contributed by atoms with Gasteiger partial charge < -0.3 is 15.3 Å². The lowest BCUT2D eigenvalue weighted by Crippen LogP contribution is -2.19. The van der Waals surface area contributed by atoms with Gasteiger partial charge in [0.15, 0.2) is 12.2 Å². The Morgan fingerprint density at radius 1 is 1.24 bits per heavy atom. The van der Waals surface area contributed by atoms with E-state index in [-0.39, 0.29) is 12.3 Å². The Kier molecular flexibility index (Phi) is 10.2. The van der Waals surface area contributed by atoms with E-state index in [1.165, 1.54) is 25.3 Å². The third-order valence-electron chi connectivity index (χ3n) is 4.53. The van der Waals surface area contributed by atoms with E-state index in [1.54, 1.807) is 29.6 Å². The van der Waals surface area contributed by atoms with Crippen LogP contribution in [-0.4, -0.2) is 57.6 Å². The fraction of sp³-hybridized carbons (Fsp3) is 0.409. The zero-order valence-corrected chi connectivity index (χ0v) is 19.6. The monoisotopic (exact) mass is 481 g/mol. The minimum absolute atomic E-state index is 0.0397. The Morgan fingerprint density at radius 3 is 2.48 bits per heavy atom. The summed E-state index contributed by atoms with van der Waals surface area (Å²) in [6.45, 7) is 3.90. The largest absolute Gasteiger partial charge is 0.481 e. The molecule has 0 spiro atoms. The molecule has 0 unspecified atom stereocenters. The molecule has 9 nitrogen and oxygen atoms in total. The summed E-state index contributed by atoms with van der Waals surface area (Å²) >= 11 is 0.884. The summed E-state index contributed by atoms with van der Waals surface area (Å²) in [7, 11) is 3.07. The van der Waals surface area contributed by atoms with Crippen molar-refractivity contribution in [1.29, 1.82) is 0 Å². The van der Waals surface area contributed by atoms with E-state index in [1.807, 2.05) is 13.8 Å². The second kappa shape index (κ2) is 12.6. The number of rotatable bonds is 12. The van der Waals surface area contributed by atoms with Crippen LogP contribution in [0.2, 0.25) is 0 Å². The highest BCUT2D eigenvalue weighted by atomic mass is 32.2. The van der Waals surface area contributed by atoms with Crippen LogP contribution in [0.1, 0.15) is 43.9 Å². The predicted molar refractivity (Wildman–Crippen MR) is 124 cm³/mol. The first kappa shape index (κ1) is 26.7. The van der Waals surface area contributed by atoms with Gasteiger partial charge in [-0.25, -0.2) is 19.2 Å². The molecule has 0 saturated heterocycles. The number of aromatic nitrogens is 2. The Labute approximate surface area is 196 Å². The number of aliphatic hydroxyl groups excluding tert-OH is 2. The first-order valence-electron chi connectivity index (χ1n) is 10.2. The first-order chi connectivity index (χ1) is 15.6. The minimum Gasteiger partial charge on any atom is -0.481 e. The summed E-state index contributed by atoms with van der Waals surface area (Å²) in [5, 5.41) is 28.9. The Balaban J connectivity index is 2.51. The van der Waals surface area contributed by atoms with Crippen LogP contribution in [0, 0.1) is 5.82 Å². The molecule has 0 saturated carbocycles. The van der Waals surface area contributed by atoms with Gasteiger partial charge in [-0.2, -0.15) is 0 Å².